The van der Waals surface area contributed by atoms with E-state index in [4.69, 9.17) is 0 Å². The number of hydrogen-bond acceptors (Lipinski definition) is 1. The molecule has 2 atom stereocenters. The lowest BCUT2D eigenvalue weighted by Gasteiger charge is -1.97. The molecule has 1 nitrogen and oxygen atoms in total. The van der Waals surface area contributed by atoms with Crippen molar-refractivity contribution in [1.82, 2.24) is 5.32 Å². The van der Waals surface area contributed by atoms with Crippen LogP contribution in [0.2, 0.25) is 0 Å². The summed E-state index contributed by atoms with van der Waals surface area (Å²) < 4.78 is 12.2. The van der Waals surface area contributed by atoms with E-state index >= 15 is 0 Å². The molecular formula is C4H8BrClFN. The lowest BCUT2D eigenvalue weighted by molar-refractivity contribution is 0.370. The van der Waals surface area contributed by atoms with Crippen LogP contribution in [0.5, 0.6) is 0 Å². The lowest BCUT2D eigenvalue weighted by atomic mass is 10.3. The van der Waals surface area contributed by atoms with Crippen molar-refractivity contribution in [3.8, 4) is 0 Å². The first kappa shape index (κ1) is 8.66. The van der Waals surface area contributed by atoms with E-state index in [1.807, 2.05) is 0 Å². The van der Waals surface area contributed by atoms with Crippen molar-refractivity contribution in [2.45, 2.75) is 11.0 Å². The van der Waals surface area contributed by atoms with Crippen molar-refractivity contribution >= 4 is 28.3 Å². The fraction of sp³-hybridized carbons (Fsp3) is 1.00. The molecule has 0 radical (unpaired) electrons. The fourth-order valence-electron chi connectivity index (χ4n) is 0.615. The Morgan fingerprint density at radius 2 is 2.12 bits per heavy atom. The van der Waals surface area contributed by atoms with Gasteiger partial charge in [-0.3, -0.25) is 0 Å². The molecule has 1 aliphatic rings. The molecule has 2 unspecified atom stereocenters. The minimum atomic E-state index is -0.681. The molecule has 0 aromatic rings. The highest BCUT2D eigenvalue weighted by molar-refractivity contribution is 9.09. The van der Waals surface area contributed by atoms with Crippen molar-refractivity contribution in [1.29, 1.82) is 0 Å². The standard InChI is InChI=1S/C4H7BrFN.ClH/c5-3-1-7-2-4(3)6;/h3-4,7H,1-2H2;1H. The maximum Gasteiger partial charge on any atom is 0.126 e. The predicted octanol–water partition coefficient (Wildman–Crippen LogP) is 1.11. The van der Waals surface area contributed by atoms with Gasteiger partial charge in [0.25, 0.3) is 0 Å². The van der Waals surface area contributed by atoms with Gasteiger partial charge < -0.3 is 5.32 Å². The molecule has 0 spiro atoms. The average Bonchev–Trinajstić information content (AvgIpc) is 1.91. The van der Waals surface area contributed by atoms with Crippen LogP contribution in [0.1, 0.15) is 0 Å². The minimum absolute atomic E-state index is 0. The summed E-state index contributed by atoms with van der Waals surface area (Å²) in [5, 5.41) is 2.90. The summed E-state index contributed by atoms with van der Waals surface area (Å²) in [6, 6.07) is 0. The van der Waals surface area contributed by atoms with Crippen LogP contribution in [0, 0.1) is 0 Å². The highest BCUT2D eigenvalue weighted by Crippen LogP contribution is 2.12. The summed E-state index contributed by atoms with van der Waals surface area (Å²) in [7, 11) is 0. The molecule has 1 N–H and O–H groups in total. The van der Waals surface area contributed by atoms with E-state index in [1.54, 1.807) is 0 Å². The Bertz CT molecular complexity index is 65.1. The van der Waals surface area contributed by atoms with Crippen molar-refractivity contribution in [2.75, 3.05) is 13.1 Å². The smallest absolute Gasteiger partial charge is 0.126 e. The number of rotatable bonds is 0. The van der Waals surface area contributed by atoms with Gasteiger partial charge >= 0.3 is 0 Å². The number of hydrogen-bond donors (Lipinski definition) is 1. The van der Waals surface area contributed by atoms with Crippen molar-refractivity contribution in [3.63, 3.8) is 0 Å². The molecular weight excluding hydrogens is 196 g/mol. The van der Waals surface area contributed by atoms with Gasteiger partial charge in [-0.2, -0.15) is 0 Å². The van der Waals surface area contributed by atoms with E-state index in [1.165, 1.54) is 0 Å². The molecule has 1 aliphatic heterocycles. The van der Waals surface area contributed by atoms with Crippen molar-refractivity contribution in [2.24, 2.45) is 0 Å². The van der Waals surface area contributed by atoms with Gasteiger partial charge in [-0.25, -0.2) is 4.39 Å². The zero-order chi connectivity index (χ0) is 5.28. The third kappa shape index (κ3) is 1.88. The summed E-state index contributed by atoms with van der Waals surface area (Å²) >= 11 is 3.17. The molecule has 1 rings (SSSR count). The predicted molar refractivity (Wildman–Crippen MR) is 37.7 cm³/mol. The topological polar surface area (TPSA) is 12.0 Å². The Kier molecular flexibility index (Phi) is 3.94. The molecule has 1 heterocycles. The first-order chi connectivity index (χ1) is 3.30. The quantitative estimate of drug-likeness (QED) is 0.583. The number of nitrogens with one attached hydrogen (secondary N) is 1. The van der Waals surface area contributed by atoms with E-state index < -0.39 is 6.17 Å². The van der Waals surface area contributed by atoms with Gasteiger partial charge in [0.05, 0.1) is 4.83 Å². The van der Waals surface area contributed by atoms with Crippen LogP contribution in [0.3, 0.4) is 0 Å². The molecule has 4 heteroatoms. The summed E-state index contributed by atoms with van der Waals surface area (Å²) in [4.78, 5) is 0.0486. The zero-order valence-corrected chi connectivity index (χ0v) is 6.64. The van der Waals surface area contributed by atoms with Crippen molar-refractivity contribution in [3.05, 3.63) is 0 Å². The molecule has 0 aromatic carbocycles. The monoisotopic (exact) mass is 203 g/mol. The first-order valence-corrected chi connectivity index (χ1v) is 3.21. The first-order valence-electron chi connectivity index (χ1n) is 2.29. The Hall–Kier alpha value is 0.660. The lowest BCUT2D eigenvalue weighted by Crippen LogP contribution is -2.10. The molecule has 1 fully saturated rings. The van der Waals surface area contributed by atoms with Crippen LogP contribution in [-0.2, 0) is 0 Å². The second-order valence-electron chi connectivity index (χ2n) is 1.69. The van der Waals surface area contributed by atoms with Gasteiger partial charge in [0.1, 0.15) is 6.17 Å². The second-order valence-corrected chi connectivity index (χ2v) is 2.87. The maximum atomic E-state index is 12.2. The molecule has 50 valence electrons. The van der Waals surface area contributed by atoms with E-state index in [-0.39, 0.29) is 17.2 Å². The highest BCUT2D eigenvalue weighted by Gasteiger charge is 2.22. The van der Waals surface area contributed by atoms with Crippen LogP contribution in [-0.4, -0.2) is 24.1 Å². The van der Waals surface area contributed by atoms with Crippen LogP contribution in [0.15, 0.2) is 0 Å². The Morgan fingerprint density at radius 1 is 1.50 bits per heavy atom. The van der Waals surface area contributed by atoms with Crippen LogP contribution >= 0.6 is 28.3 Å². The molecule has 0 amide bonds. The number of halogens is 3. The van der Waals surface area contributed by atoms with Gasteiger partial charge in [0, 0.05) is 13.1 Å². The van der Waals surface area contributed by atoms with E-state index in [0.717, 1.165) is 6.54 Å². The molecule has 0 bridgehead atoms. The number of alkyl halides is 2. The molecule has 1 saturated heterocycles. The Labute approximate surface area is 62.6 Å². The third-order valence-corrected chi connectivity index (χ3v) is 1.97. The fourth-order valence-corrected chi connectivity index (χ4v) is 1.03. The summed E-state index contributed by atoms with van der Waals surface area (Å²) in [5.41, 5.74) is 0. The van der Waals surface area contributed by atoms with Gasteiger partial charge in [0.2, 0.25) is 0 Å². The third-order valence-electron chi connectivity index (χ3n) is 1.07. The normalized spacial score (nSPS) is 36.8. The van der Waals surface area contributed by atoms with Crippen LogP contribution in [0.4, 0.5) is 4.39 Å². The van der Waals surface area contributed by atoms with E-state index in [2.05, 4.69) is 21.2 Å². The molecule has 0 saturated carbocycles. The van der Waals surface area contributed by atoms with E-state index in [0.29, 0.717) is 6.54 Å². The van der Waals surface area contributed by atoms with Crippen LogP contribution < -0.4 is 5.32 Å². The van der Waals surface area contributed by atoms with Gasteiger partial charge in [0.15, 0.2) is 0 Å². The minimum Gasteiger partial charge on any atom is -0.313 e. The van der Waals surface area contributed by atoms with Gasteiger partial charge in [-0.05, 0) is 0 Å². The highest BCUT2D eigenvalue weighted by atomic mass is 79.9. The Morgan fingerprint density at radius 3 is 2.25 bits per heavy atom. The molecule has 0 aromatic heterocycles. The van der Waals surface area contributed by atoms with Crippen LogP contribution in [0.25, 0.3) is 0 Å². The Balaban J connectivity index is 0.000000490. The zero-order valence-electron chi connectivity index (χ0n) is 4.23. The summed E-state index contributed by atoms with van der Waals surface area (Å²) in [5.74, 6) is 0. The second kappa shape index (κ2) is 3.64. The summed E-state index contributed by atoms with van der Waals surface area (Å²) in [6.45, 7) is 1.27. The molecule has 8 heavy (non-hydrogen) atoms. The summed E-state index contributed by atoms with van der Waals surface area (Å²) in [6.07, 6.45) is -0.681. The van der Waals surface area contributed by atoms with Gasteiger partial charge in [-0.15, -0.1) is 12.4 Å². The largest absolute Gasteiger partial charge is 0.313 e. The maximum absolute atomic E-state index is 12.2. The SMILES string of the molecule is Cl.FC1CNCC1Br. The van der Waals surface area contributed by atoms with E-state index in [9.17, 15) is 4.39 Å². The van der Waals surface area contributed by atoms with Crippen molar-refractivity contribution < 1.29 is 4.39 Å². The molecule has 0 aliphatic carbocycles. The average molecular weight is 204 g/mol. The van der Waals surface area contributed by atoms with Gasteiger partial charge in [-0.1, -0.05) is 15.9 Å².